The lowest BCUT2D eigenvalue weighted by atomic mass is 9.96. The molecule has 1 aromatic rings. The maximum atomic E-state index is 12.1. The standard InChI is InChI=1S/C16H23N3O5/c1-6-9-16(2,14(22)24-5)17-12(20)8-7-11-10-18(3)15(23)19(4)13(11)21/h7-8,10H,6,9H2,1-5H3,(H,17,20). The second kappa shape index (κ2) is 7.76. The Morgan fingerprint density at radius 1 is 1.33 bits per heavy atom. The van der Waals surface area contributed by atoms with E-state index in [1.54, 1.807) is 6.92 Å². The smallest absolute Gasteiger partial charge is 0.331 e. The van der Waals surface area contributed by atoms with Crippen LogP contribution in [0, 0.1) is 0 Å². The molecule has 8 nitrogen and oxygen atoms in total. The highest BCUT2D eigenvalue weighted by Crippen LogP contribution is 2.14. The van der Waals surface area contributed by atoms with Gasteiger partial charge in [0.25, 0.3) is 5.56 Å². The summed E-state index contributed by atoms with van der Waals surface area (Å²) in [4.78, 5) is 47.6. The molecule has 0 aromatic carbocycles. The molecule has 0 bridgehead atoms. The minimum Gasteiger partial charge on any atom is -0.467 e. The van der Waals surface area contributed by atoms with Gasteiger partial charge in [-0.2, -0.15) is 0 Å². The number of methoxy groups -OCH3 is 1. The van der Waals surface area contributed by atoms with E-state index in [0.29, 0.717) is 12.8 Å². The minimum absolute atomic E-state index is 0.185. The molecule has 8 heteroatoms. The molecule has 0 aliphatic rings. The lowest BCUT2D eigenvalue weighted by Gasteiger charge is -2.26. The van der Waals surface area contributed by atoms with Gasteiger partial charge in [0.2, 0.25) is 5.91 Å². The number of esters is 1. The zero-order valence-electron chi connectivity index (χ0n) is 14.6. The normalized spacial score (nSPS) is 13.5. The Balaban J connectivity index is 3.03. The SMILES string of the molecule is CCCC(C)(NC(=O)C=Cc1cn(C)c(=O)n(C)c1=O)C(=O)OC. The van der Waals surface area contributed by atoms with Crippen molar-refractivity contribution >= 4 is 18.0 Å². The van der Waals surface area contributed by atoms with Crippen LogP contribution in [0.3, 0.4) is 0 Å². The molecule has 1 rings (SSSR count). The van der Waals surface area contributed by atoms with E-state index in [9.17, 15) is 19.2 Å². The van der Waals surface area contributed by atoms with Crippen LogP contribution < -0.4 is 16.6 Å². The van der Waals surface area contributed by atoms with Gasteiger partial charge in [0.15, 0.2) is 0 Å². The molecule has 1 unspecified atom stereocenters. The van der Waals surface area contributed by atoms with Gasteiger partial charge in [0.05, 0.1) is 12.7 Å². The van der Waals surface area contributed by atoms with Gasteiger partial charge < -0.3 is 14.6 Å². The van der Waals surface area contributed by atoms with Crippen LogP contribution in [0.25, 0.3) is 6.08 Å². The van der Waals surface area contributed by atoms with Crippen molar-refractivity contribution in [3.63, 3.8) is 0 Å². The quantitative estimate of drug-likeness (QED) is 0.579. The summed E-state index contributed by atoms with van der Waals surface area (Å²) in [5.41, 5.74) is -1.92. The van der Waals surface area contributed by atoms with E-state index < -0.39 is 28.7 Å². The van der Waals surface area contributed by atoms with E-state index >= 15 is 0 Å². The molecule has 0 fully saturated rings. The fraction of sp³-hybridized carbons (Fsp3) is 0.500. The Kier molecular flexibility index (Phi) is 6.27. The molecule has 0 radical (unpaired) electrons. The fourth-order valence-electron chi connectivity index (χ4n) is 2.37. The van der Waals surface area contributed by atoms with Crippen LogP contribution in [0.15, 0.2) is 21.9 Å². The molecule has 1 heterocycles. The van der Waals surface area contributed by atoms with E-state index in [4.69, 9.17) is 4.74 Å². The molecule has 0 saturated carbocycles. The van der Waals surface area contributed by atoms with Crippen molar-refractivity contribution < 1.29 is 14.3 Å². The minimum atomic E-state index is -1.14. The molecule has 1 N–H and O–H groups in total. The Morgan fingerprint density at radius 2 is 1.96 bits per heavy atom. The molecule has 1 atom stereocenters. The molecule has 24 heavy (non-hydrogen) atoms. The van der Waals surface area contributed by atoms with Crippen LogP contribution in [0.5, 0.6) is 0 Å². The van der Waals surface area contributed by atoms with Gasteiger partial charge in [0, 0.05) is 26.4 Å². The molecule has 0 spiro atoms. The first-order valence-electron chi connectivity index (χ1n) is 7.51. The van der Waals surface area contributed by atoms with E-state index in [2.05, 4.69) is 5.32 Å². The van der Waals surface area contributed by atoms with Crippen LogP contribution in [0.1, 0.15) is 32.3 Å². The van der Waals surface area contributed by atoms with Gasteiger partial charge >= 0.3 is 11.7 Å². The Morgan fingerprint density at radius 3 is 2.50 bits per heavy atom. The number of aryl methyl sites for hydroxylation is 1. The number of aromatic nitrogens is 2. The van der Waals surface area contributed by atoms with Gasteiger partial charge in [-0.15, -0.1) is 0 Å². The number of carbonyl (C=O) groups is 2. The zero-order valence-corrected chi connectivity index (χ0v) is 14.6. The topological polar surface area (TPSA) is 99.4 Å². The van der Waals surface area contributed by atoms with E-state index in [1.165, 1.54) is 38.0 Å². The van der Waals surface area contributed by atoms with Crippen LogP contribution in [-0.2, 0) is 28.4 Å². The Labute approximate surface area is 139 Å². The van der Waals surface area contributed by atoms with E-state index in [0.717, 1.165) is 10.6 Å². The van der Waals surface area contributed by atoms with Crippen molar-refractivity contribution in [1.82, 2.24) is 14.5 Å². The van der Waals surface area contributed by atoms with Gasteiger partial charge in [-0.1, -0.05) is 13.3 Å². The monoisotopic (exact) mass is 337 g/mol. The number of amides is 1. The average molecular weight is 337 g/mol. The van der Waals surface area contributed by atoms with Crippen molar-refractivity contribution in [2.75, 3.05) is 7.11 Å². The number of ether oxygens (including phenoxy) is 1. The molecular weight excluding hydrogens is 314 g/mol. The van der Waals surface area contributed by atoms with Gasteiger partial charge in [-0.3, -0.25) is 14.2 Å². The van der Waals surface area contributed by atoms with Gasteiger partial charge in [-0.05, 0) is 19.4 Å². The zero-order chi connectivity index (χ0) is 18.5. The van der Waals surface area contributed by atoms with Crippen molar-refractivity contribution in [1.29, 1.82) is 0 Å². The summed E-state index contributed by atoms with van der Waals surface area (Å²) in [6.45, 7) is 3.47. The summed E-state index contributed by atoms with van der Waals surface area (Å²) in [7, 11) is 4.12. The predicted molar refractivity (Wildman–Crippen MR) is 89.4 cm³/mol. The van der Waals surface area contributed by atoms with Crippen LogP contribution in [-0.4, -0.2) is 33.7 Å². The van der Waals surface area contributed by atoms with Crippen molar-refractivity contribution in [3.8, 4) is 0 Å². The third-order valence-corrected chi connectivity index (χ3v) is 3.67. The van der Waals surface area contributed by atoms with Crippen LogP contribution >= 0.6 is 0 Å². The molecule has 0 aliphatic heterocycles. The highest BCUT2D eigenvalue weighted by molar-refractivity contribution is 5.95. The number of carbonyl (C=O) groups excluding carboxylic acids is 2. The molecule has 132 valence electrons. The first kappa shape index (κ1) is 19.4. The van der Waals surface area contributed by atoms with Crippen molar-refractivity contribution in [2.45, 2.75) is 32.2 Å². The highest BCUT2D eigenvalue weighted by atomic mass is 16.5. The highest BCUT2D eigenvalue weighted by Gasteiger charge is 2.34. The van der Waals surface area contributed by atoms with Crippen molar-refractivity contribution in [2.24, 2.45) is 14.1 Å². The number of rotatable bonds is 6. The molecule has 1 aromatic heterocycles. The maximum Gasteiger partial charge on any atom is 0.331 e. The number of hydrogen-bond donors (Lipinski definition) is 1. The third kappa shape index (κ3) is 4.21. The lowest BCUT2D eigenvalue weighted by molar-refractivity contribution is -0.150. The van der Waals surface area contributed by atoms with Crippen LogP contribution in [0.4, 0.5) is 0 Å². The first-order valence-corrected chi connectivity index (χ1v) is 7.51. The van der Waals surface area contributed by atoms with Gasteiger partial charge in [0.1, 0.15) is 5.54 Å². The van der Waals surface area contributed by atoms with Crippen LogP contribution in [0.2, 0.25) is 0 Å². The summed E-state index contributed by atoms with van der Waals surface area (Å²) >= 11 is 0. The van der Waals surface area contributed by atoms with Gasteiger partial charge in [-0.25, -0.2) is 9.59 Å². The predicted octanol–water partition coefficient (Wildman–Crippen LogP) is -0.0548. The Hall–Kier alpha value is -2.64. The molecule has 1 amide bonds. The summed E-state index contributed by atoms with van der Waals surface area (Å²) in [6.07, 6.45) is 4.90. The lowest BCUT2D eigenvalue weighted by Crippen LogP contribution is -2.52. The largest absolute Gasteiger partial charge is 0.467 e. The number of hydrogen-bond acceptors (Lipinski definition) is 5. The summed E-state index contributed by atoms with van der Waals surface area (Å²) in [5, 5.41) is 2.60. The Bertz CT molecular complexity index is 775. The van der Waals surface area contributed by atoms with E-state index in [1.807, 2.05) is 6.92 Å². The number of nitrogens with one attached hydrogen (secondary N) is 1. The average Bonchev–Trinajstić information content (AvgIpc) is 2.54. The maximum absolute atomic E-state index is 12.1. The summed E-state index contributed by atoms with van der Waals surface area (Å²) < 4.78 is 6.92. The first-order chi connectivity index (χ1) is 11.2. The molecule has 0 aliphatic carbocycles. The second-order valence-electron chi connectivity index (χ2n) is 5.74. The third-order valence-electron chi connectivity index (χ3n) is 3.67. The molecule has 0 saturated heterocycles. The van der Waals surface area contributed by atoms with Crippen molar-refractivity contribution in [3.05, 3.63) is 38.7 Å². The van der Waals surface area contributed by atoms with E-state index in [-0.39, 0.29) is 5.56 Å². The fourth-order valence-corrected chi connectivity index (χ4v) is 2.37. The summed E-state index contributed by atoms with van der Waals surface area (Å²) in [6, 6.07) is 0. The number of nitrogens with zero attached hydrogens (tertiary/aromatic N) is 2. The molecular formula is C16H23N3O5. The summed E-state index contributed by atoms with van der Waals surface area (Å²) in [5.74, 6) is -1.07. The second-order valence-corrected chi connectivity index (χ2v) is 5.74.